The summed E-state index contributed by atoms with van der Waals surface area (Å²) in [6.45, 7) is 8.55. The Bertz CT molecular complexity index is 236. The van der Waals surface area contributed by atoms with Gasteiger partial charge in [0, 0.05) is 13.1 Å². The Morgan fingerprint density at radius 1 is 1.43 bits per heavy atom. The van der Waals surface area contributed by atoms with Crippen LogP contribution in [0.4, 0.5) is 0 Å². The summed E-state index contributed by atoms with van der Waals surface area (Å²) in [5.74, 6) is 0.241. The summed E-state index contributed by atoms with van der Waals surface area (Å²) in [5.41, 5.74) is 0. The molecule has 1 amide bonds. The van der Waals surface area contributed by atoms with Crippen molar-refractivity contribution < 1.29 is 4.79 Å². The summed E-state index contributed by atoms with van der Waals surface area (Å²) in [4.78, 5) is 13.9. The van der Waals surface area contributed by atoms with E-state index in [0.29, 0.717) is 13.1 Å². The van der Waals surface area contributed by atoms with Crippen LogP contribution in [0, 0.1) is 0 Å². The third kappa shape index (κ3) is 2.21. The first-order chi connectivity index (χ1) is 6.70. The van der Waals surface area contributed by atoms with Crippen LogP contribution >= 0.6 is 11.8 Å². The summed E-state index contributed by atoms with van der Waals surface area (Å²) in [6.07, 6.45) is 7.55. The molecule has 1 fully saturated rings. The number of hydrogen-bond donors (Lipinski definition) is 0. The zero-order valence-corrected chi connectivity index (χ0v) is 9.48. The maximum Gasteiger partial charge on any atom is 0.239 e. The summed E-state index contributed by atoms with van der Waals surface area (Å²) < 4.78 is -0.119. The van der Waals surface area contributed by atoms with Crippen molar-refractivity contribution in [1.29, 1.82) is 0 Å². The zero-order valence-electron chi connectivity index (χ0n) is 8.66. The van der Waals surface area contributed by atoms with Crippen LogP contribution in [0.25, 0.3) is 0 Å². The monoisotopic (exact) mass is 211 g/mol. The van der Waals surface area contributed by atoms with Crippen LogP contribution in [-0.4, -0.2) is 34.9 Å². The number of nitrogens with zero attached hydrogens (tertiary/aromatic N) is 1. The fourth-order valence-corrected chi connectivity index (χ4v) is 2.27. The minimum atomic E-state index is -0.119. The zero-order chi connectivity index (χ0) is 10.6. The summed E-state index contributed by atoms with van der Waals surface area (Å²) in [7, 11) is 0. The highest BCUT2D eigenvalue weighted by Crippen LogP contribution is 2.48. The fourth-order valence-electron chi connectivity index (χ4n) is 1.46. The van der Waals surface area contributed by atoms with Gasteiger partial charge in [-0.1, -0.05) is 12.2 Å². The molecule has 1 rings (SSSR count). The molecule has 2 nitrogen and oxygen atoms in total. The second-order valence-corrected chi connectivity index (χ2v) is 4.68. The smallest absolute Gasteiger partial charge is 0.239 e. The van der Waals surface area contributed by atoms with Gasteiger partial charge in [0.15, 0.2) is 0 Å². The van der Waals surface area contributed by atoms with Gasteiger partial charge in [0.2, 0.25) is 5.91 Å². The molecule has 0 radical (unpaired) electrons. The fraction of sp³-hybridized carbons (Fsp3) is 0.545. The highest BCUT2D eigenvalue weighted by atomic mass is 32.2. The third-order valence-corrected chi connectivity index (χ3v) is 3.84. The van der Waals surface area contributed by atoms with E-state index in [9.17, 15) is 4.79 Å². The molecule has 0 saturated heterocycles. The quantitative estimate of drug-likeness (QED) is 0.627. The second-order valence-electron chi connectivity index (χ2n) is 3.49. The lowest BCUT2D eigenvalue weighted by molar-refractivity contribution is -0.130. The largest absolute Gasteiger partial charge is 0.334 e. The highest BCUT2D eigenvalue weighted by Gasteiger charge is 2.50. The van der Waals surface area contributed by atoms with Crippen LogP contribution in [0.15, 0.2) is 25.3 Å². The van der Waals surface area contributed by atoms with Crippen molar-refractivity contribution in [1.82, 2.24) is 4.90 Å². The molecule has 1 saturated carbocycles. The van der Waals surface area contributed by atoms with Crippen LogP contribution in [0.3, 0.4) is 0 Å². The standard InChI is InChI=1S/C11H17NOS/c1-4-8-12(9-5-2)10(13)11(14-3)6-7-11/h4-5H,1-2,6-9H2,3H3. The van der Waals surface area contributed by atoms with Crippen molar-refractivity contribution in [3.63, 3.8) is 0 Å². The lowest BCUT2D eigenvalue weighted by Crippen LogP contribution is -2.39. The number of carbonyl (C=O) groups excluding carboxylic acids is 1. The molecule has 0 unspecified atom stereocenters. The average molecular weight is 211 g/mol. The van der Waals surface area contributed by atoms with Gasteiger partial charge in [-0.2, -0.15) is 0 Å². The molecule has 0 bridgehead atoms. The Morgan fingerprint density at radius 3 is 2.21 bits per heavy atom. The Balaban J connectivity index is 2.62. The van der Waals surface area contributed by atoms with Crippen molar-refractivity contribution in [3.05, 3.63) is 25.3 Å². The lowest BCUT2D eigenvalue weighted by Gasteiger charge is -2.24. The van der Waals surface area contributed by atoms with E-state index in [-0.39, 0.29) is 10.7 Å². The van der Waals surface area contributed by atoms with Crippen molar-refractivity contribution in [3.8, 4) is 0 Å². The van der Waals surface area contributed by atoms with Crippen LogP contribution in [-0.2, 0) is 4.79 Å². The number of carbonyl (C=O) groups is 1. The minimum Gasteiger partial charge on any atom is -0.334 e. The average Bonchev–Trinajstić information content (AvgIpc) is 2.97. The number of hydrogen-bond acceptors (Lipinski definition) is 2. The van der Waals surface area contributed by atoms with E-state index < -0.39 is 0 Å². The Kier molecular flexibility index (Phi) is 3.81. The molecule has 14 heavy (non-hydrogen) atoms. The van der Waals surface area contributed by atoms with Gasteiger partial charge < -0.3 is 4.90 Å². The summed E-state index contributed by atoms with van der Waals surface area (Å²) in [6, 6.07) is 0. The van der Waals surface area contributed by atoms with Gasteiger partial charge in [-0.3, -0.25) is 4.79 Å². The van der Waals surface area contributed by atoms with Gasteiger partial charge in [0.1, 0.15) is 0 Å². The van der Waals surface area contributed by atoms with E-state index >= 15 is 0 Å². The molecule has 1 aliphatic rings. The van der Waals surface area contributed by atoms with Crippen LogP contribution < -0.4 is 0 Å². The molecule has 0 aromatic carbocycles. The van der Waals surface area contributed by atoms with Crippen LogP contribution in [0.5, 0.6) is 0 Å². The molecule has 0 aromatic rings. The predicted molar refractivity (Wildman–Crippen MR) is 62.5 cm³/mol. The molecule has 78 valence electrons. The Morgan fingerprint density at radius 2 is 1.93 bits per heavy atom. The van der Waals surface area contributed by atoms with Gasteiger partial charge in [0.05, 0.1) is 4.75 Å². The SMILES string of the molecule is C=CCN(CC=C)C(=O)C1(SC)CC1. The molecular formula is C11H17NOS. The van der Waals surface area contributed by atoms with E-state index in [1.54, 1.807) is 23.9 Å². The van der Waals surface area contributed by atoms with E-state index in [1.165, 1.54) is 0 Å². The van der Waals surface area contributed by atoms with Gasteiger partial charge in [-0.05, 0) is 19.1 Å². The molecule has 0 atom stereocenters. The molecule has 0 spiro atoms. The van der Waals surface area contributed by atoms with Crippen molar-refractivity contribution in [2.45, 2.75) is 17.6 Å². The van der Waals surface area contributed by atoms with Gasteiger partial charge in [-0.15, -0.1) is 24.9 Å². The first-order valence-electron chi connectivity index (χ1n) is 4.76. The number of amides is 1. The van der Waals surface area contributed by atoms with E-state index in [1.807, 2.05) is 11.2 Å². The molecule has 0 N–H and O–H groups in total. The first-order valence-corrected chi connectivity index (χ1v) is 5.99. The van der Waals surface area contributed by atoms with Gasteiger partial charge in [0.25, 0.3) is 0 Å². The van der Waals surface area contributed by atoms with Crippen molar-refractivity contribution in [2.24, 2.45) is 0 Å². The van der Waals surface area contributed by atoms with Gasteiger partial charge >= 0.3 is 0 Å². The summed E-state index contributed by atoms with van der Waals surface area (Å²) in [5, 5.41) is 0. The summed E-state index contributed by atoms with van der Waals surface area (Å²) >= 11 is 1.67. The molecule has 0 aromatic heterocycles. The van der Waals surface area contributed by atoms with E-state index in [4.69, 9.17) is 0 Å². The predicted octanol–water partition coefficient (Wildman–Crippen LogP) is 2.08. The maximum absolute atomic E-state index is 12.0. The molecule has 0 heterocycles. The Labute approximate surface area is 90.0 Å². The lowest BCUT2D eigenvalue weighted by atomic mass is 10.3. The molecule has 0 aliphatic heterocycles. The van der Waals surface area contributed by atoms with Crippen LogP contribution in [0.2, 0.25) is 0 Å². The van der Waals surface area contributed by atoms with Crippen LogP contribution in [0.1, 0.15) is 12.8 Å². The molecule has 3 heteroatoms. The molecular weight excluding hydrogens is 194 g/mol. The number of thioether (sulfide) groups is 1. The minimum absolute atomic E-state index is 0.119. The van der Waals surface area contributed by atoms with E-state index in [0.717, 1.165) is 12.8 Å². The molecule has 1 aliphatic carbocycles. The van der Waals surface area contributed by atoms with Gasteiger partial charge in [-0.25, -0.2) is 0 Å². The third-order valence-electron chi connectivity index (χ3n) is 2.47. The number of rotatable bonds is 6. The van der Waals surface area contributed by atoms with Crippen molar-refractivity contribution >= 4 is 17.7 Å². The first kappa shape index (κ1) is 11.4. The normalized spacial score (nSPS) is 17.2. The maximum atomic E-state index is 12.0. The highest BCUT2D eigenvalue weighted by molar-refractivity contribution is 8.01. The van der Waals surface area contributed by atoms with Crippen molar-refractivity contribution in [2.75, 3.05) is 19.3 Å². The Hall–Kier alpha value is -0.700. The topological polar surface area (TPSA) is 20.3 Å². The second kappa shape index (κ2) is 4.69. The van der Waals surface area contributed by atoms with E-state index in [2.05, 4.69) is 13.2 Å².